The van der Waals surface area contributed by atoms with E-state index >= 15 is 0 Å². The second kappa shape index (κ2) is 18.6. The molecule has 256 valence electrons. The van der Waals surface area contributed by atoms with E-state index in [1.54, 1.807) is 0 Å². The van der Waals surface area contributed by atoms with Crippen LogP contribution >= 0.6 is 0 Å². The maximum atomic E-state index is 10.9. The van der Waals surface area contributed by atoms with Gasteiger partial charge in [-0.05, 0) is 61.6 Å². The van der Waals surface area contributed by atoms with Gasteiger partial charge < -0.3 is 26.0 Å². The van der Waals surface area contributed by atoms with E-state index in [9.17, 15) is 19.2 Å². The van der Waals surface area contributed by atoms with Crippen molar-refractivity contribution in [2.75, 3.05) is 0 Å². The largest absolute Gasteiger partial charge is 0.439 e. The molecule has 0 saturated carbocycles. The molecule has 3 aromatic carbocycles. The van der Waals surface area contributed by atoms with Gasteiger partial charge in [-0.2, -0.15) is 0 Å². The van der Waals surface area contributed by atoms with E-state index in [1.807, 2.05) is 73.7 Å². The summed E-state index contributed by atoms with van der Waals surface area (Å²) in [5.74, 6) is 1.20. The number of amides is 4. The summed E-state index contributed by atoms with van der Waals surface area (Å²) < 4.78 is 5.11. The van der Waals surface area contributed by atoms with Crippen molar-refractivity contribution >= 4 is 23.8 Å². The molecular formula is C39H50N4O5. The summed E-state index contributed by atoms with van der Waals surface area (Å²) in [5, 5.41) is 11.5. The van der Waals surface area contributed by atoms with Gasteiger partial charge in [-0.15, -0.1) is 0 Å². The molecule has 4 saturated heterocycles. The van der Waals surface area contributed by atoms with E-state index in [0.29, 0.717) is 36.9 Å². The molecule has 48 heavy (non-hydrogen) atoms. The number of carbonyl (C=O) groups is 4. The minimum absolute atomic E-state index is 0.0508. The molecule has 4 heterocycles. The first-order chi connectivity index (χ1) is 23.2. The Morgan fingerprint density at radius 3 is 1.38 bits per heavy atom. The average Bonchev–Trinajstić information content (AvgIpc) is 3.89. The number of ether oxygens (including phenoxy) is 1. The third-order valence-corrected chi connectivity index (χ3v) is 8.82. The highest BCUT2D eigenvalue weighted by Crippen LogP contribution is 2.25. The number of nitrogens with one attached hydrogen (secondary N) is 4. The van der Waals surface area contributed by atoms with Gasteiger partial charge in [0.1, 0.15) is 6.10 Å². The van der Waals surface area contributed by atoms with E-state index in [-0.39, 0.29) is 36.0 Å². The van der Waals surface area contributed by atoms with Crippen molar-refractivity contribution in [3.8, 4) is 0 Å². The SMILES string of the molecule is CC(C)[C@H]1CCC(=O)N1.C[C@H]1NC(=O)O[C@H]1c1ccccc1.O=C1CC[C@@H](Cc2ccccc2)N1.O=C1CC[C@H](Cc2ccccc2)N1. The normalized spacial score (nSPS) is 24.0. The zero-order chi connectivity index (χ0) is 34.3. The fourth-order valence-corrected chi connectivity index (χ4v) is 6.11. The fraction of sp³-hybridized carbons (Fsp3) is 0.436. The molecule has 0 aliphatic carbocycles. The van der Waals surface area contributed by atoms with Crippen LogP contribution in [0.4, 0.5) is 4.79 Å². The lowest BCUT2D eigenvalue weighted by molar-refractivity contribution is -0.120. The minimum atomic E-state index is -0.332. The first kappa shape index (κ1) is 36.2. The molecule has 0 radical (unpaired) electrons. The van der Waals surface area contributed by atoms with E-state index in [1.165, 1.54) is 11.1 Å². The Labute approximate surface area is 284 Å². The van der Waals surface area contributed by atoms with Crippen LogP contribution in [-0.4, -0.2) is 48.0 Å². The average molecular weight is 655 g/mol. The van der Waals surface area contributed by atoms with Crippen molar-refractivity contribution in [2.24, 2.45) is 5.92 Å². The first-order valence-electron chi connectivity index (χ1n) is 17.1. The van der Waals surface area contributed by atoms with Gasteiger partial charge in [0.25, 0.3) is 0 Å². The van der Waals surface area contributed by atoms with Gasteiger partial charge in [-0.1, -0.05) is 105 Å². The smallest absolute Gasteiger partial charge is 0.408 e. The predicted octanol–water partition coefficient (Wildman–Crippen LogP) is 5.79. The van der Waals surface area contributed by atoms with Crippen molar-refractivity contribution in [1.29, 1.82) is 0 Å². The van der Waals surface area contributed by atoms with Gasteiger partial charge in [0, 0.05) is 37.4 Å². The van der Waals surface area contributed by atoms with Crippen LogP contribution < -0.4 is 21.3 Å². The Balaban J connectivity index is 0.000000146. The topological polar surface area (TPSA) is 126 Å². The standard InChI is InChI=1S/2C11H13NO.C10H11NO2.C7H13NO/c2*13-11-7-6-10(12-11)8-9-4-2-1-3-5-9;1-7-9(13-10(12)11-7)8-5-3-2-4-6-8;1-5(2)6-3-4-7(9)8-6/h2*1-5,10H,6-8H2,(H,12,13);2-7,9H,1H3,(H,11,12);5-6H,3-4H2,1-2H3,(H,8,9)/t2*10-;7-,9-;6-/m1011/s1. The van der Waals surface area contributed by atoms with Crippen molar-refractivity contribution in [2.45, 2.75) is 102 Å². The zero-order valence-electron chi connectivity index (χ0n) is 28.3. The predicted molar refractivity (Wildman–Crippen MR) is 187 cm³/mol. The molecule has 4 amide bonds. The summed E-state index contributed by atoms with van der Waals surface area (Å²) in [6.07, 6.45) is 6.55. The number of cyclic esters (lactones) is 1. The highest BCUT2D eigenvalue weighted by Gasteiger charge is 2.31. The molecule has 0 bridgehead atoms. The molecule has 5 atom stereocenters. The summed E-state index contributed by atoms with van der Waals surface area (Å²) in [4.78, 5) is 43.4. The van der Waals surface area contributed by atoms with Crippen LogP contribution in [0.5, 0.6) is 0 Å². The van der Waals surface area contributed by atoms with Crippen molar-refractivity contribution in [1.82, 2.24) is 21.3 Å². The van der Waals surface area contributed by atoms with E-state index in [2.05, 4.69) is 59.4 Å². The summed E-state index contributed by atoms with van der Waals surface area (Å²) in [6, 6.07) is 31.5. The van der Waals surface area contributed by atoms with Crippen molar-refractivity contribution < 1.29 is 23.9 Å². The molecular weight excluding hydrogens is 604 g/mol. The number of rotatable bonds is 6. The third-order valence-electron chi connectivity index (χ3n) is 8.82. The Kier molecular flexibility index (Phi) is 14.0. The molecule has 4 aliphatic heterocycles. The van der Waals surface area contributed by atoms with Gasteiger partial charge in [-0.25, -0.2) is 4.79 Å². The molecule has 7 rings (SSSR count). The lowest BCUT2D eigenvalue weighted by Gasteiger charge is -2.12. The Morgan fingerprint density at radius 2 is 1.04 bits per heavy atom. The van der Waals surface area contributed by atoms with Crippen LogP contribution in [0.1, 0.15) is 82.1 Å². The van der Waals surface area contributed by atoms with Gasteiger partial charge in [0.2, 0.25) is 17.7 Å². The molecule has 0 aromatic heterocycles. The number of benzene rings is 3. The molecule has 9 nitrogen and oxygen atoms in total. The van der Waals surface area contributed by atoms with Crippen LogP contribution in [0, 0.1) is 5.92 Å². The maximum Gasteiger partial charge on any atom is 0.408 e. The molecule has 0 unspecified atom stereocenters. The molecule has 0 spiro atoms. The number of carbonyl (C=O) groups excluding carboxylic acids is 4. The number of hydrogen-bond donors (Lipinski definition) is 4. The van der Waals surface area contributed by atoms with Crippen molar-refractivity contribution in [3.63, 3.8) is 0 Å². The highest BCUT2D eigenvalue weighted by atomic mass is 16.6. The lowest BCUT2D eigenvalue weighted by Crippen LogP contribution is -2.29. The van der Waals surface area contributed by atoms with Gasteiger partial charge in [0.15, 0.2) is 0 Å². The van der Waals surface area contributed by atoms with Crippen LogP contribution in [0.3, 0.4) is 0 Å². The quantitative estimate of drug-likeness (QED) is 0.268. The Bertz CT molecular complexity index is 1390. The molecule has 4 fully saturated rings. The Hall–Kier alpha value is -4.66. The lowest BCUT2D eigenvalue weighted by atomic mass is 10.0. The summed E-state index contributed by atoms with van der Waals surface area (Å²) in [6.45, 7) is 6.20. The highest BCUT2D eigenvalue weighted by molar-refractivity contribution is 5.79. The zero-order valence-corrected chi connectivity index (χ0v) is 28.3. The van der Waals surface area contributed by atoms with Gasteiger partial charge in [0.05, 0.1) is 6.04 Å². The third kappa shape index (κ3) is 12.2. The fourth-order valence-electron chi connectivity index (χ4n) is 6.11. The van der Waals surface area contributed by atoms with Crippen LogP contribution in [0.25, 0.3) is 0 Å². The van der Waals surface area contributed by atoms with E-state index in [4.69, 9.17) is 4.74 Å². The summed E-state index contributed by atoms with van der Waals surface area (Å²) >= 11 is 0. The molecule has 9 heteroatoms. The second-order valence-electron chi connectivity index (χ2n) is 13.1. The van der Waals surface area contributed by atoms with E-state index in [0.717, 1.165) is 44.1 Å². The van der Waals surface area contributed by atoms with Crippen molar-refractivity contribution in [3.05, 3.63) is 108 Å². The molecule has 4 N–H and O–H groups in total. The summed E-state index contributed by atoms with van der Waals surface area (Å²) in [5.41, 5.74) is 3.64. The monoisotopic (exact) mass is 654 g/mol. The number of alkyl carbamates (subject to hydrolysis) is 1. The summed E-state index contributed by atoms with van der Waals surface area (Å²) in [7, 11) is 0. The van der Waals surface area contributed by atoms with Gasteiger partial charge in [-0.3, -0.25) is 14.4 Å². The molecule has 3 aromatic rings. The first-order valence-corrected chi connectivity index (χ1v) is 17.1. The van der Waals surface area contributed by atoms with E-state index < -0.39 is 0 Å². The number of hydrogen-bond acceptors (Lipinski definition) is 5. The van der Waals surface area contributed by atoms with Crippen LogP contribution in [-0.2, 0) is 32.0 Å². The second-order valence-corrected chi connectivity index (χ2v) is 13.1. The minimum Gasteiger partial charge on any atom is -0.439 e. The maximum absolute atomic E-state index is 10.9. The molecule has 4 aliphatic rings. The van der Waals surface area contributed by atoms with Crippen LogP contribution in [0.15, 0.2) is 91.0 Å². The Morgan fingerprint density at radius 1 is 0.604 bits per heavy atom. The van der Waals surface area contributed by atoms with Crippen LogP contribution in [0.2, 0.25) is 0 Å². The van der Waals surface area contributed by atoms with Gasteiger partial charge >= 0.3 is 6.09 Å².